The molecule has 2 heteroatoms. The van der Waals surface area contributed by atoms with Gasteiger partial charge in [0.05, 0.1) is 0 Å². The Morgan fingerprint density at radius 3 is 3.00 bits per heavy atom. The first kappa shape index (κ1) is 11.5. The van der Waals surface area contributed by atoms with Crippen LogP contribution in [0.25, 0.3) is 10.9 Å². The first-order valence-corrected chi connectivity index (χ1v) is 7.66. The van der Waals surface area contributed by atoms with Gasteiger partial charge in [0.15, 0.2) is 0 Å². The predicted octanol–water partition coefficient (Wildman–Crippen LogP) is 3.79. The monoisotopic (exact) mass is 254 g/mol. The lowest BCUT2D eigenvalue weighted by Gasteiger charge is -2.24. The van der Waals surface area contributed by atoms with Crippen molar-refractivity contribution < 1.29 is 0 Å². The zero-order chi connectivity index (χ0) is 12.8. The number of H-pyrrole nitrogens is 1. The Labute approximate surface area is 114 Å². The molecule has 1 fully saturated rings. The van der Waals surface area contributed by atoms with E-state index in [1.54, 1.807) is 5.56 Å². The summed E-state index contributed by atoms with van der Waals surface area (Å²) in [7, 11) is 0. The fourth-order valence-corrected chi connectivity index (χ4v) is 3.60. The number of aromatic nitrogens is 1. The van der Waals surface area contributed by atoms with Gasteiger partial charge in [0.1, 0.15) is 0 Å². The third-order valence-corrected chi connectivity index (χ3v) is 5.02. The Morgan fingerprint density at radius 1 is 1.32 bits per heavy atom. The van der Waals surface area contributed by atoms with Gasteiger partial charge >= 0.3 is 0 Å². The van der Waals surface area contributed by atoms with Gasteiger partial charge in [0.2, 0.25) is 0 Å². The van der Waals surface area contributed by atoms with Crippen LogP contribution in [0, 0.1) is 11.8 Å². The van der Waals surface area contributed by atoms with Gasteiger partial charge in [-0.15, -0.1) is 0 Å². The highest BCUT2D eigenvalue weighted by Gasteiger charge is 2.33. The molecule has 3 unspecified atom stereocenters. The van der Waals surface area contributed by atoms with E-state index in [2.05, 4.69) is 41.5 Å². The van der Waals surface area contributed by atoms with Gasteiger partial charge in [-0.05, 0) is 55.7 Å². The van der Waals surface area contributed by atoms with Gasteiger partial charge in [-0.2, -0.15) is 0 Å². The molecule has 2 N–H and O–H groups in total. The average molecular weight is 254 g/mol. The average Bonchev–Trinajstić information content (AvgIpc) is 3.00. The summed E-state index contributed by atoms with van der Waals surface area (Å²) in [5, 5.41) is 5.23. The summed E-state index contributed by atoms with van der Waals surface area (Å²) >= 11 is 0. The molecule has 0 bridgehead atoms. The van der Waals surface area contributed by atoms with Crippen molar-refractivity contribution in [3.8, 4) is 0 Å². The van der Waals surface area contributed by atoms with Crippen LogP contribution in [0.5, 0.6) is 0 Å². The molecule has 4 rings (SSSR count). The van der Waals surface area contributed by atoms with Gasteiger partial charge in [-0.25, -0.2) is 0 Å². The van der Waals surface area contributed by atoms with E-state index in [1.807, 2.05) is 0 Å². The fraction of sp³-hybridized carbons (Fsp3) is 0.529. The molecule has 0 amide bonds. The number of nitrogens with one attached hydrogen (secondary N) is 2. The Balaban J connectivity index is 1.62. The molecule has 2 aromatic rings. The van der Waals surface area contributed by atoms with E-state index in [4.69, 9.17) is 0 Å². The summed E-state index contributed by atoms with van der Waals surface area (Å²) in [6.45, 7) is 3.56. The second-order valence-electron chi connectivity index (χ2n) is 6.39. The van der Waals surface area contributed by atoms with Crippen molar-refractivity contribution in [2.75, 3.05) is 6.54 Å². The lowest BCUT2D eigenvalue weighted by atomic mass is 9.91. The summed E-state index contributed by atoms with van der Waals surface area (Å²) in [5.41, 5.74) is 4.32. The van der Waals surface area contributed by atoms with Crippen molar-refractivity contribution in [3.05, 3.63) is 35.5 Å². The van der Waals surface area contributed by atoms with E-state index in [1.165, 1.54) is 48.8 Å². The molecular weight excluding hydrogens is 232 g/mol. The fourth-order valence-electron chi connectivity index (χ4n) is 3.60. The van der Waals surface area contributed by atoms with Crippen molar-refractivity contribution in [2.24, 2.45) is 11.8 Å². The molecule has 0 radical (unpaired) electrons. The SMILES string of the molecule is CC1CC1CNC1CCCc2c1[nH]c1ccccc21. The smallest absolute Gasteiger partial charge is 0.0476 e. The van der Waals surface area contributed by atoms with E-state index in [0.29, 0.717) is 6.04 Å². The van der Waals surface area contributed by atoms with Gasteiger partial charge in [-0.3, -0.25) is 0 Å². The van der Waals surface area contributed by atoms with E-state index in [9.17, 15) is 0 Å². The summed E-state index contributed by atoms with van der Waals surface area (Å²) in [5.74, 6) is 1.87. The van der Waals surface area contributed by atoms with E-state index in [-0.39, 0.29) is 0 Å². The molecule has 2 nitrogen and oxygen atoms in total. The van der Waals surface area contributed by atoms with Gasteiger partial charge in [0, 0.05) is 22.6 Å². The minimum atomic E-state index is 0.545. The first-order chi connectivity index (χ1) is 9.33. The minimum Gasteiger partial charge on any atom is -0.357 e. The van der Waals surface area contributed by atoms with Gasteiger partial charge < -0.3 is 10.3 Å². The number of fused-ring (bicyclic) bond motifs is 3. The molecule has 0 saturated heterocycles. The first-order valence-electron chi connectivity index (χ1n) is 7.66. The molecule has 0 aliphatic heterocycles. The number of para-hydroxylation sites is 1. The molecule has 0 spiro atoms. The highest BCUT2D eigenvalue weighted by Crippen LogP contribution is 2.39. The van der Waals surface area contributed by atoms with E-state index >= 15 is 0 Å². The molecule has 1 heterocycles. The van der Waals surface area contributed by atoms with Crippen molar-refractivity contribution >= 4 is 10.9 Å². The zero-order valence-corrected chi connectivity index (χ0v) is 11.6. The second kappa shape index (κ2) is 4.38. The molecule has 1 aromatic carbocycles. The van der Waals surface area contributed by atoms with E-state index < -0.39 is 0 Å². The summed E-state index contributed by atoms with van der Waals surface area (Å²) < 4.78 is 0. The minimum absolute atomic E-state index is 0.545. The number of aromatic amines is 1. The van der Waals surface area contributed by atoms with Crippen LogP contribution < -0.4 is 5.32 Å². The second-order valence-corrected chi connectivity index (χ2v) is 6.39. The van der Waals surface area contributed by atoms with Crippen molar-refractivity contribution in [1.82, 2.24) is 10.3 Å². The Kier molecular flexibility index (Phi) is 2.66. The molecule has 19 heavy (non-hydrogen) atoms. The number of hydrogen-bond donors (Lipinski definition) is 2. The van der Waals surface area contributed by atoms with Crippen LogP contribution in [0.4, 0.5) is 0 Å². The number of aryl methyl sites for hydroxylation is 1. The zero-order valence-electron chi connectivity index (χ0n) is 11.6. The van der Waals surface area contributed by atoms with Crippen molar-refractivity contribution in [2.45, 2.75) is 38.6 Å². The molecular formula is C17H22N2. The number of rotatable bonds is 3. The lowest BCUT2D eigenvalue weighted by molar-refractivity contribution is 0.439. The molecule has 100 valence electrons. The Bertz CT molecular complexity index is 598. The quantitative estimate of drug-likeness (QED) is 0.857. The molecule has 2 aliphatic rings. The lowest BCUT2D eigenvalue weighted by Crippen LogP contribution is -2.27. The van der Waals surface area contributed by atoms with Crippen LogP contribution in [-0.2, 0) is 6.42 Å². The van der Waals surface area contributed by atoms with Crippen LogP contribution in [0.1, 0.15) is 43.5 Å². The summed E-state index contributed by atoms with van der Waals surface area (Å²) in [6, 6.07) is 9.28. The maximum atomic E-state index is 3.80. The molecule has 3 atom stereocenters. The predicted molar refractivity (Wildman–Crippen MR) is 79.3 cm³/mol. The highest BCUT2D eigenvalue weighted by molar-refractivity contribution is 5.85. The number of benzene rings is 1. The molecule has 1 aromatic heterocycles. The van der Waals surface area contributed by atoms with Crippen LogP contribution in [-0.4, -0.2) is 11.5 Å². The highest BCUT2D eigenvalue weighted by atomic mass is 15.0. The topological polar surface area (TPSA) is 27.8 Å². The van der Waals surface area contributed by atoms with Crippen LogP contribution >= 0.6 is 0 Å². The van der Waals surface area contributed by atoms with Gasteiger partial charge in [0.25, 0.3) is 0 Å². The maximum absolute atomic E-state index is 3.80. The third kappa shape index (κ3) is 1.99. The van der Waals surface area contributed by atoms with Crippen molar-refractivity contribution in [3.63, 3.8) is 0 Å². The normalized spacial score (nSPS) is 29.4. The largest absolute Gasteiger partial charge is 0.357 e. The van der Waals surface area contributed by atoms with E-state index in [0.717, 1.165) is 11.8 Å². The molecule has 2 aliphatic carbocycles. The van der Waals surface area contributed by atoms with Crippen LogP contribution in [0.3, 0.4) is 0 Å². The van der Waals surface area contributed by atoms with Crippen molar-refractivity contribution in [1.29, 1.82) is 0 Å². The summed E-state index contributed by atoms with van der Waals surface area (Å²) in [4.78, 5) is 3.66. The van der Waals surface area contributed by atoms with Crippen LogP contribution in [0.2, 0.25) is 0 Å². The summed E-state index contributed by atoms with van der Waals surface area (Å²) in [6.07, 6.45) is 5.24. The maximum Gasteiger partial charge on any atom is 0.0476 e. The molecule has 1 saturated carbocycles. The Morgan fingerprint density at radius 2 is 2.16 bits per heavy atom. The Hall–Kier alpha value is -1.28. The standard InChI is InChI=1S/C17H22N2/c1-11-9-12(11)10-18-16-8-4-6-14-13-5-2-3-7-15(13)19-17(14)16/h2-3,5,7,11-12,16,18-19H,4,6,8-10H2,1H3. The van der Waals surface area contributed by atoms with Gasteiger partial charge in [-0.1, -0.05) is 25.1 Å². The third-order valence-electron chi connectivity index (χ3n) is 5.02. The van der Waals surface area contributed by atoms with Crippen LogP contribution in [0.15, 0.2) is 24.3 Å². The number of hydrogen-bond acceptors (Lipinski definition) is 1.